The van der Waals surface area contributed by atoms with E-state index in [-0.39, 0.29) is 5.56 Å². The molecule has 2 heterocycles. The van der Waals surface area contributed by atoms with Crippen LogP contribution < -0.4 is 10.9 Å². The summed E-state index contributed by atoms with van der Waals surface area (Å²) in [6, 6.07) is 19.2. The fourth-order valence-electron chi connectivity index (χ4n) is 2.80. The minimum absolute atomic E-state index is 0.249. The number of aryl methyl sites for hydroxylation is 1. The molecular weight excluding hydrogens is 314 g/mol. The standard InChI is InChI=1S/C20H17N3O2/c1-14-8-10-15(11-9-14)21-20-22-19(24)17-6-2-3-7-18(17)23(20)13-16-5-4-12-25-16/h2-12H,13H2,1H3,(H,21,22,24). The number of nitrogens with zero attached hydrogens (tertiary/aromatic N) is 2. The molecule has 0 fully saturated rings. The van der Waals surface area contributed by atoms with E-state index in [4.69, 9.17) is 4.42 Å². The van der Waals surface area contributed by atoms with E-state index in [1.54, 1.807) is 12.3 Å². The Morgan fingerprint density at radius 1 is 1.04 bits per heavy atom. The van der Waals surface area contributed by atoms with Gasteiger partial charge in [-0.25, -0.2) is 0 Å². The zero-order valence-corrected chi connectivity index (χ0v) is 13.8. The van der Waals surface area contributed by atoms with Crippen molar-refractivity contribution in [3.63, 3.8) is 0 Å². The molecule has 0 saturated heterocycles. The monoisotopic (exact) mass is 331 g/mol. The van der Waals surface area contributed by atoms with Crippen molar-refractivity contribution in [3.05, 3.63) is 88.6 Å². The van der Waals surface area contributed by atoms with Crippen LogP contribution in [0.15, 0.2) is 76.1 Å². The van der Waals surface area contributed by atoms with E-state index in [1.807, 2.05) is 66.1 Å². The maximum atomic E-state index is 12.4. The summed E-state index contributed by atoms with van der Waals surface area (Å²) in [4.78, 5) is 16.7. The Morgan fingerprint density at radius 2 is 1.84 bits per heavy atom. The average molecular weight is 331 g/mol. The van der Waals surface area contributed by atoms with Gasteiger partial charge >= 0.3 is 0 Å². The van der Waals surface area contributed by atoms with Crippen molar-refractivity contribution in [3.8, 4) is 0 Å². The number of furan rings is 1. The van der Waals surface area contributed by atoms with Crippen molar-refractivity contribution in [1.29, 1.82) is 0 Å². The first-order chi connectivity index (χ1) is 12.2. The molecule has 25 heavy (non-hydrogen) atoms. The highest BCUT2D eigenvalue weighted by molar-refractivity contribution is 5.80. The normalized spacial score (nSPS) is 10.9. The summed E-state index contributed by atoms with van der Waals surface area (Å²) >= 11 is 0. The third kappa shape index (κ3) is 3.04. The van der Waals surface area contributed by atoms with E-state index in [0.717, 1.165) is 17.0 Å². The van der Waals surface area contributed by atoms with Gasteiger partial charge < -0.3 is 14.3 Å². The minimum Gasteiger partial charge on any atom is -0.467 e. The van der Waals surface area contributed by atoms with Gasteiger partial charge in [0.2, 0.25) is 5.95 Å². The summed E-state index contributed by atoms with van der Waals surface area (Å²) in [5.74, 6) is 1.28. The smallest absolute Gasteiger partial charge is 0.282 e. The maximum absolute atomic E-state index is 12.4. The Balaban J connectivity index is 1.86. The predicted molar refractivity (Wildman–Crippen MR) is 98.3 cm³/mol. The zero-order valence-electron chi connectivity index (χ0n) is 13.8. The lowest BCUT2D eigenvalue weighted by molar-refractivity contribution is 0.496. The molecule has 5 heteroatoms. The lowest BCUT2D eigenvalue weighted by Gasteiger charge is -2.16. The van der Waals surface area contributed by atoms with Crippen LogP contribution in [0.2, 0.25) is 0 Å². The highest BCUT2D eigenvalue weighted by atomic mass is 16.3. The van der Waals surface area contributed by atoms with Crippen LogP contribution in [0.5, 0.6) is 0 Å². The van der Waals surface area contributed by atoms with E-state index < -0.39 is 0 Å². The van der Waals surface area contributed by atoms with Crippen molar-refractivity contribution >= 4 is 22.5 Å². The Kier molecular flexibility index (Phi) is 3.82. The molecule has 0 atom stereocenters. The number of anilines is 2. The van der Waals surface area contributed by atoms with Gasteiger partial charge in [0.25, 0.3) is 5.56 Å². The predicted octanol–water partition coefficient (Wildman–Crippen LogP) is 4.09. The SMILES string of the molecule is Cc1ccc(Nc2nc(=O)c3ccccc3n2Cc2ccco2)cc1. The summed E-state index contributed by atoms with van der Waals surface area (Å²) in [7, 11) is 0. The van der Waals surface area contributed by atoms with E-state index in [0.29, 0.717) is 17.9 Å². The van der Waals surface area contributed by atoms with Crippen molar-refractivity contribution in [1.82, 2.24) is 9.55 Å². The second-order valence-electron chi connectivity index (χ2n) is 5.91. The van der Waals surface area contributed by atoms with Crippen molar-refractivity contribution in [2.75, 3.05) is 5.32 Å². The molecule has 4 aromatic rings. The molecule has 0 aliphatic rings. The van der Waals surface area contributed by atoms with Crippen molar-refractivity contribution < 1.29 is 4.42 Å². The molecule has 0 amide bonds. The first-order valence-corrected chi connectivity index (χ1v) is 8.06. The molecule has 4 rings (SSSR count). The van der Waals surface area contributed by atoms with Crippen molar-refractivity contribution in [2.45, 2.75) is 13.5 Å². The minimum atomic E-state index is -0.249. The number of fused-ring (bicyclic) bond motifs is 1. The molecule has 2 aromatic carbocycles. The Labute approximate surface area is 144 Å². The van der Waals surface area contributed by atoms with E-state index in [1.165, 1.54) is 5.56 Å². The molecule has 5 nitrogen and oxygen atoms in total. The van der Waals surface area contributed by atoms with Gasteiger partial charge in [0.05, 0.1) is 23.7 Å². The molecule has 0 aliphatic carbocycles. The summed E-state index contributed by atoms with van der Waals surface area (Å²) in [5, 5.41) is 3.84. The summed E-state index contributed by atoms with van der Waals surface area (Å²) in [6.45, 7) is 2.51. The van der Waals surface area contributed by atoms with Crippen LogP contribution in [0.4, 0.5) is 11.6 Å². The van der Waals surface area contributed by atoms with Gasteiger partial charge in [0, 0.05) is 5.69 Å². The average Bonchev–Trinajstić information content (AvgIpc) is 3.13. The summed E-state index contributed by atoms with van der Waals surface area (Å²) in [6.07, 6.45) is 1.64. The van der Waals surface area contributed by atoms with Gasteiger partial charge in [0.15, 0.2) is 0 Å². The molecule has 0 saturated carbocycles. The number of hydrogen-bond donors (Lipinski definition) is 1. The van der Waals surface area contributed by atoms with Gasteiger partial charge in [0.1, 0.15) is 5.76 Å². The Bertz CT molecular complexity index is 1060. The molecule has 0 unspecified atom stereocenters. The Hall–Kier alpha value is -3.34. The number of rotatable bonds is 4. The summed E-state index contributed by atoms with van der Waals surface area (Å²) < 4.78 is 7.44. The number of benzene rings is 2. The number of para-hydroxylation sites is 1. The summed E-state index contributed by atoms with van der Waals surface area (Å²) in [5.41, 5.74) is 2.61. The third-order valence-electron chi connectivity index (χ3n) is 4.09. The van der Waals surface area contributed by atoms with Crippen LogP contribution in [0.3, 0.4) is 0 Å². The van der Waals surface area contributed by atoms with Crippen LogP contribution in [0, 0.1) is 6.92 Å². The third-order valence-corrected chi connectivity index (χ3v) is 4.09. The van der Waals surface area contributed by atoms with Crippen molar-refractivity contribution in [2.24, 2.45) is 0 Å². The van der Waals surface area contributed by atoms with Gasteiger partial charge in [-0.2, -0.15) is 4.98 Å². The van der Waals surface area contributed by atoms with Crippen LogP contribution in [0.1, 0.15) is 11.3 Å². The fraction of sp³-hybridized carbons (Fsp3) is 0.100. The van der Waals surface area contributed by atoms with Crippen LogP contribution >= 0.6 is 0 Å². The second-order valence-corrected chi connectivity index (χ2v) is 5.91. The largest absolute Gasteiger partial charge is 0.467 e. The number of hydrogen-bond acceptors (Lipinski definition) is 4. The number of nitrogens with one attached hydrogen (secondary N) is 1. The van der Waals surface area contributed by atoms with Gasteiger partial charge in [-0.3, -0.25) is 4.79 Å². The fourth-order valence-corrected chi connectivity index (χ4v) is 2.80. The molecular formula is C20H17N3O2. The van der Waals surface area contributed by atoms with Gasteiger partial charge in [-0.1, -0.05) is 29.8 Å². The Morgan fingerprint density at radius 3 is 2.60 bits per heavy atom. The molecule has 1 N–H and O–H groups in total. The molecule has 0 bridgehead atoms. The second kappa shape index (κ2) is 6.28. The molecule has 0 aliphatic heterocycles. The van der Waals surface area contributed by atoms with Crippen LogP contribution in [-0.2, 0) is 6.54 Å². The first kappa shape index (κ1) is 15.2. The molecule has 0 radical (unpaired) electrons. The molecule has 2 aromatic heterocycles. The molecule has 0 spiro atoms. The molecule has 124 valence electrons. The van der Waals surface area contributed by atoms with Crippen LogP contribution in [-0.4, -0.2) is 9.55 Å². The van der Waals surface area contributed by atoms with E-state index >= 15 is 0 Å². The maximum Gasteiger partial charge on any atom is 0.282 e. The first-order valence-electron chi connectivity index (χ1n) is 8.06. The van der Waals surface area contributed by atoms with Gasteiger partial charge in [-0.05, 0) is 43.3 Å². The zero-order chi connectivity index (χ0) is 17.2. The number of aromatic nitrogens is 2. The van der Waals surface area contributed by atoms with E-state index in [9.17, 15) is 4.79 Å². The van der Waals surface area contributed by atoms with E-state index in [2.05, 4.69) is 10.3 Å². The van der Waals surface area contributed by atoms with Gasteiger partial charge in [-0.15, -0.1) is 0 Å². The highest BCUT2D eigenvalue weighted by Crippen LogP contribution is 2.20. The lowest BCUT2D eigenvalue weighted by atomic mass is 10.2. The quantitative estimate of drug-likeness (QED) is 0.612. The highest BCUT2D eigenvalue weighted by Gasteiger charge is 2.12. The topological polar surface area (TPSA) is 60.1 Å². The van der Waals surface area contributed by atoms with Crippen LogP contribution in [0.25, 0.3) is 10.9 Å². The lowest BCUT2D eigenvalue weighted by Crippen LogP contribution is -2.18.